The van der Waals surface area contributed by atoms with E-state index in [0.717, 1.165) is 29.4 Å². The number of nitrogens with one attached hydrogen (secondary N) is 1. The second kappa shape index (κ2) is 7.68. The molecule has 0 bridgehead atoms. The number of benzene rings is 2. The van der Waals surface area contributed by atoms with E-state index in [1.807, 2.05) is 30.3 Å². The summed E-state index contributed by atoms with van der Waals surface area (Å²) in [5.41, 5.74) is 2.56. The smallest absolute Gasteiger partial charge is 0.0408 e. The highest BCUT2D eigenvalue weighted by molar-refractivity contribution is 6.30. The van der Waals surface area contributed by atoms with E-state index in [4.69, 9.17) is 23.2 Å². The maximum absolute atomic E-state index is 6.05. The first-order chi connectivity index (χ1) is 9.67. The third kappa shape index (κ3) is 4.82. The Morgan fingerprint density at radius 2 is 1.60 bits per heavy atom. The van der Waals surface area contributed by atoms with Gasteiger partial charge < -0.3 is 5.32 Å². The lowest BCUT2D eigenvalue weighted by atomic mass is 9.99. The Kier molecular flexibility index (Phi) is 5.90. The maximum atomic E-state index is 6.05. The van der Waals surface area contributed by atoms with Gasteiger partial charge in [0.1, 0.15) is 0 Å². The average Bonchev–Trinajstić information content (AvgIpc) is 2.42. The van der Waals surface area contributed by atoms with Crippen LogP contribution in [0.25, 0.3) is 0 Å². The van der Waals surface area contributed by atoms with Crippen LogP contribution in [-0.4, -0.2) is 12.6 Å². The van der Waals surface area contributed by atoms with E-state index >= 15 is 0 Å². The zero-order valence-electron chi connectivity index (χ0n) is 11.6. The van der Waals surface area contributed by atoms with E-state index in [-0.39, 0.29) is 0 Å². The molecular formula is C17H19Cl2N. The van der Waals surface area contributed by atoms with Gasteiger partial charge in [-0.1, -0.05) is 54.4 Å². The summed E-state index contributed by atoms with van der Waals surface area (Å²) in [5.74, 6) is 0. The number of rotatable bonds is 6. The van der Waals surface area contributed by atoms with E-state index in [1.54, 1.807) is 0 Å². The molecule has 0 saturated heterocycles. The molecule has 1 atom stereocenters. The van der Waals surface area contributed by atoms with Crippen molar-refractivity contribution in [3.63, 3.8) is 0 Å². The molecule has 20 heavy (non-hydrogen) atoms. The Balaban J connectivity index is 2.05. The molecule has 106 valence electrons. The minimum atomic E-state index is 0.402. The molecule has 0 fully saturated rings. The zero-order chi connectivity index (χ0) is 14.4. The summed E-state index contributed by atoms with van der Waals surface area (Å²) in [6, 6.07) is 16.5. The number of halogens is 2. The minimum absolute atomic E-state index is 0.402. The van der Waals surface area contributed by atoms with E-state index in [0.29, 0.717) is 6.04 Å². The molecule has 2 aromatic rings. The highest BCUT2D eigenvalue weighted by Crippen LogP contribution is 2.15. The summed E-state index contributed by atoms with van der Waals surface area (Å²) in [4.78, 5) is 0. The molecule has 2 aromatic carbocycles. The van der Waals surface area contributed by atoms with Gasteiger partial charge in [-0.25, -0.2) is 0 Å². The van der Waals surface area contributed by atoms with Crippen LogP contribution in [0.4, 0.5) is 0 Å². The van der Waals surface area contributed by atoms with Gasteiger partial charge in [0.2, 0.25) is 0 Å². The molecule has 1 unspecified atom stereocenters. The molecule has 0 aliphatic carbocycles. The Morgan fingerprint density at radius 3 is 2.25 bits per heavy atom. The van der Waals surface area contributed by atoms with Gasteiger partial charge in [0.15, 0.2) is 0 Å². The Labute approximate surface area is 130 Å². The normalized spacial score (nSPS) is 12.3. The molecule has 0 aliphatic heterocycles. The third-order valence-corrected chi connectivity index (χ3v) is 3.75. The number of hydrogen-bond acceptors (Lipinski definition) is 1. The van der Waals surface area contributed by atoms with Crippen molar-refractivity contribution in [2.45, 2.75) is 25.8 Å². The van der Waals surface area contributed by atoms with Gasteiger partial charge in [0.05, 0.1) is 0 Å². The van der Waals surface area contributed by atoms with Crippen LogP contribution in [0.1, 0.15) is 18.1 Å². The molecule has 0 radical (unpaired) electrons. The molecule has 1 N–H and O–H groups in total. The lowest BCUT2D eigenvalue weighted by Gasteiger charge is -2.18. The fourth-order valence-electron chi connectivity index (χ4n) is 2.36. The van der Waals surface area contributed by atoms with Gasteiger partial charge >= 0.3 is 0 Å². The van der Waals surface area contributed by atoms with E-state index in [2.05, 4.69) is 30.4 Å². The van der Waals surface area contributed by atoms with Crippen LogP contribution in [0, 0.1) is 0 Å². The Bertz CT molecular complexity index is 537. The molecule has 0 saturated carbocycles. The molecule has 1 nitrogen and oxygen atoms in total. The second-order valence-electron chi connectivity index (χ2n) is 4.92. The number of hydrogen-bond donors (Lipinski definition) is 1. The standard InChI is InChI=1S/C17H19Cl2N/c1-2-20-17(11-13-6-8-15(18)9-7-13)12-14-4-3-5-16(19)10-14/h3-10,17,20H,2,11-12H2,1H3. The fourth-order valence-corrected chi connectivity index (χ4v) is 2.70. The van der Waals surface area contributed by atoms with Crippen LogP contribution in [0.5, 0.6) is 0 Å². The Hall–Kier alpha value is -1.02. The van der Waals surface area contributed by atoms with Crippen molar-refractivity contribution in [1.82, 2.24) is 5.32 Å². The predicted octanol–water partition coefficient (Wildman–Crippen LogP) is 4.76. The van der Waals surface area contributed by atoms with Crippen molar-refractivity contribution in [2.75, 3.05) is 6.54 Å². The largest absolute Gasteiger partial charge is 0.314 e. The highest BCUT2D eigenvalue weighted by Gasteiger charge is 2.10. The van der Waals surface area contributed by atoms with Gasteiger partial charge in [-0.2, -0.15) is 0 Å². The highest BCUT2D eigenvalue weighted by atomic mass is 35.5. The lowest BCUT2D eigenvalue weighted by molar-refractivity contribution is 0.521. The van der Waals surface area contributed by atoms with Gasteiger partial charge in [-0.05, 0) is 54.8 Å². The third-order valence-electron chi connectivity index (χ3n) is 3.26. The summed E-state index contributed by atoms with van der Waals surface area (Å²) in [6.45, 7) is 3.09. The predicted molar refractivity (Wildman–Crippen MR) is 87.8 cm³/mol. The second-order valence-corrected chi connectivity index (χ2v) is 5.79. The van der Waals surface area contributed by atoms with Crippen molar-refractivity contribution < 1.29 is 0 Å². The summed E-state index contributed by atoms with van der Waals surface area (Å²) in [5, 5.41) is 5.11. The molecule has 0 aromatic heterocycles. The number of likely N-dealkylation sites (N-methyl/N-ethyl adjacent to an activating group) is 1. The van der Waals surface area contributed by atoms with E-state index < -0.39 is 0 Å². The van der Waals surface area contributed by atoms with Crippen LogP contribution in [0.2, 0.25) is 10.0 Å². The molecule has 3 heteroatoms. The van der Waals surface area contributed by atoms with Crippen LogP contribution in [-0.2, 0) is 12.8 Å². The molecule has 0 heterocycles. The van der Waals surface area contributed by atoms with Gasteiger partial charge in [-0.3, -0.25) is 0 Å². The summed E-state index contributed by atoms with van der Waals surface area (Å²) in [7, 11) is 0. The topological polar surface area (TPSA) is 12.0 Å². The van der Waals surface area contributed by atoms with E-state index in [1.165, 1.54) is 11.1 Å². The SMILES string of the molecule is CCNC(Cc1ccc(Cl)cc1)Cc1cccc(Cl)c1. The summed E-state index contributed by atoms with van der Waals surface area (Å²) >= 11 is 12.0. The minimum Gasteiger partial charge on any atom is -0.314 e. The van der Waals surface area contributed by atoms with Crippen LogP contribution >= 0.6 is 23.2 Å². The van der Waals surface area contributed by atoms with Crippen LogP contribution in [0.15, 0.2) is 48.5 Å². The lowest BCUT2D eigenvalue weighted by Crippen LogP contribution is -2.33. The van der Waals surface area contributed by atoms with Crippen molar-refractivity contribution in [3.05, 3.63) is 69.7 Å². The molecule has 0 spiro atoms. The van der Waals surface area contributed by atoms with Gasteiger partial charge in [0, 0.05) is 16.1 Å². The quantitative estimate of drug-likeness (QED) is 0.811. The fraction of sp³-hybridized carbons (Fsp3) is 0.294. The molecule has 0 amide bonds. The monoisotopic (exact) mass is 307 g/mol. The van der Waals surface area contributed by atoms with Crippen molar-refractivity contribution in [2.24, 2.45) is 0 Å². The van der Waals surface area contributed by atoms with Crippen molar-refractivity contribution >= 4 is 23.2 Å². The zero-order valence-corrected chi connectivity index (χ0v) is 13.1. The van der Waals surface area contributed by atoms with Crippen molar-refractivity contribution in [3.8, 4) is 0 Å². The molecule has 0 aliphatic rings. The molecule has 2 rings (SSSR count). The van der Waals surface area contributed by atoms with Crippen LogP contribution in [0.3, 0.4) is 0 Å². The maximum Gasteiger partial charge on any atom is 0.0408 e. The first-order valence-electron chi connectivity index (χ1n) is 6.89. The average molecular weight is 308 g/mol. The van der Waals surface area contributed by atoms with Gasteiger partial charge in [-0.15, -0.1) is 0 Å². The summed E-state index contributed by atoms with van der Waals surface area (Å²) < 4.78 is 0. The van der Waals surface area contributed by atoms with Crippen LogP contribution < -0.4 is 5.32 Å². The molecular weight excluding hydrogens is 289 g/mol. The summed E-state index contributed by atoms with van der Waals surface area (Å²) in [6.07, 6.45) is 1.95. The van der Waals surface area contributed by atoms with Crippen molar-refractivity contribution in [1.29, 1.82) is 0 Å². The van der Waals surface area contributed by atoms with E-state index in [9.17, 15) is 0 Å². The first-order valence-corrected chi connectivity index (χ1v) is 7.65. The first kappa shape index (κ1) is 15.4. The van der Waals surface area contributed by atoms with Gasteiger partial charge in [0.25, 0.3) is 0 Å². The Morgan fingerprint density at radius 1 is 0.900 bits per heavy atom.